The number of anilines is 7. The Balaban J connectivity index is 0.000000173. The lowest BCUT2D eigenvalue weighted by molar-refractivity contribution is 0.0696. The molecule has 9 aromatic rings. The molecule has 34 heteroatoms. The van der Waals surface area contributed by atoms with Gasteiger partial charge in [0.1, 0.15) is 51.2 Å². The molecule has 1 aliphatic rings. The van der Waals surface area contributed by atoms with Crippen molar-refractivity contribution in [3.8, 4) is 17.1 Å². The van der Waals surface area contributed by atoms with Crippen LogP contribution in [-0.4, -0.2) is 143 Å². The number of benzene rings is 3. The highest BCUT2D eigenvalue weighted by Crippen LogP contribution is 2.28. The van der Waals surface area contributed by atoms with Gasteiger partial charge in [0, 0.05) is 47.7 Å². The van der Waals surface area contributed by atoms with Crippen molar-refractivity contribution in [3.63, 3.8) is 0 Å². The third-order valence-corrected chi connectivity index (χ3v) is 12.5. The molecule has 1 saturated carbocycles. The van der Waals surface area contributed by atoms with Gasteiger partial charge in [-0.05, 0) is 87.0 Å². The van der Waals surface area contributed by atoms with Crippen molar-refractivity contribution in [2.24, 2.45) is 17.2 Å². The number of aromatic nitrogens is 15. The van der Waals surface area contributed by atoms with Gasteiger partial charge in [0.15, 0.2) is 27.8 Å². The molecule has 0 saturated heterocycles. The third kappa shape index (κ3) is 16.6. The first-order chi connectivity index (χ1) is 40.1. The zero-order valence-electron chi connectivity index (χ0n) is 44.0. The Morgan fingerprint density at radius 3 is 1.36 bits per heavy atom. The molecule has 6 aromatic heterocycles. The van der Waals surface area contributed by atoms with E-state index in [0.717, 1.165) is 40.1 Å². The topological polar surface area (TPSA) is 396 Å². The maximum absolute atomic E-state index is 14.2. The van der Waals surface area contributed by atoms with Crippen molar-refractivity contribution in [3.05, 3.63) is 145 Å². The second-order valence-electron chi connectivity index (χ2n) is 16.8. The van der Waals surface area contributed by atoms with Crippen LogP contribution < -0.4 is 43.7 Å². The summed E-state index contributed by atoms with van der Waals surface area (Å²) in [6.45, 7) is 0. The molecule has 0 aliphatic heterocycles. The van der Waals surface area contributed by atoms with Crippen molar-refractivity contribution in [1.82, 2.24) is 80.1 Å². The average molecular weight is 1170 g/mol. The molecule has 12 N–H and O–H groups in total. The first-order valence-corrected chi connectivity index (χ1v) is 26.8. The highest BCUT2D eigenvalue weighted by molar-refractivity contribution is 7.98. The fraction of sp³-hybridized carbons (Fsp3) is 0.184. The van der Waals surface area contributed by atoms with Gasteiger partial charge in [-0.15, -0.1) is 14.4 Å². The van der Waals surface area contributed by atoms with Crippen molar-refractivity contribution in [2.45, 2.75) is 48.1 Å². The van der Waals surface area contributed by atoms with Gasteiger partial charge in [0.2, 0.25) is 5.95 Å². The van der Waals surface area contributed by atoms with E-state index in [2.05, 4.69) is 87.0 Å². The first kappa shape index (κ1) is 60.7. The zero-order chi connectivity index (χ0) is 59.4. The minimum atomic E-state index is -1.17. The molecule has 1 radical (unpaired) electrons. The number of carboxylic acids is 1. The number of thioether (sulfide) groups is 2. The van der Waals surface area contributed by atoms with E-state index in [1.807, 2.05) is 6.26 Å². The monoisotopic (exact) mass is 1170 g/mol. The lowest BCUT2D eigenvalue weighted by Crippen LogP contribution is -2.43. The molecular weight excluding hydrogens is 1120 g/mol. The van der Waals surface area contributed by atoms with Crippen LogP contribution in [0.3, 0.4) is 0 Å². The number of halogens is 3. The van der Waals surface area contributed by atoms with E-state index in [4.69, 9.17) is 17.2 Å². The summed E-state index contributed by atoms with van der Waals surface area (Å²) in [6.07, 6.45) is 20.9. The Bertz CT molecular complexity index is 3500. The summed E-state index contributed by atoms with van der Waals surface area (Å²) >= 11 is 2.60. The van der Waals surface area contributed by atoms with Crippen LogP contribution in [0.5, 0.6) is 0 Å². The SMILES string of the molecule is CN[B]C=O.CSc1ncc(C(=O)O)c(Nc2ccc(F)c(-n3nccn3)c2)n1.CSc1ncc(C(N)=O)c(Nc2ccc(F)c(-n3nccn3)c2)n1.NC(=O)c1cnc(N[C@@H]2CCCC[C@@H]2N)nc1Nc1ccc(F)c(-n2nccn2)c1. The standard InChI is InChI=1S/C19H22FN9O.C14H12FN7OS.C14H11FN6O2S.C2H5BNO/c20-13-6-5-11(9-16(13)29-24-7-8-25-29)26-18-12(17(22)30)10-23-19(28-18)27-15-4-2-1-3-14(15)21;1-24-14-17-7-9(12(16)23)13(21-14)20-8-2-3-10(15)11(6-8)22-18-4-5-19-22;1-24-14-16-7-9(13(22)23)12(20-14)19-8-2-3-10(15)11(6-8)21-17-4-5-18-21;1-4-3-2-5/h5-10,14-15H,1-4,21H2,(H2,22,30)(H2,23,26,27,28);2-7H,1H3,(H2,16,23)(H,17,20,21);2-7H,1H3,(H,22,23)(H,16,19,20);2,4H,1H3/t14-,15+;;;/m0.../s1. The van der Waals surface area contributed by atoms with Crippen LogP contribution in [0.15, 0.2) is 121 Å². The Hall–Kier alpha value is -9.93. The van der Waals surface area contributed by atoms with Crippen LogP contribution in [0.4, 0.5) is 53.6 Å². The normalized spacial score (nSPS) is 13.3. The van der Waals surface area contributed by atoms with Gasteiger partial charge in [-0.1, -0.05) is 36.4 Å². The highest BCUT2D eigenvalue weighted by Gasteiger charge is 2.24. The zero-order valence-corrected chi connectivity index (χ0v) is 45.6. The lowest BCUT2D eigenvalue weighted by atomic mass is 9.91. The summed E-state index contributed by atoms with van der Waals surface area (Å²) in [6, 6.07) is 12.8. The predicted octanol–water partition coefficient (Wildman–Crippen LogP) is 4.86. The van der Waals surface area contributed by atoms with Crippen LogP contribution in [0.2, 0.25) is 0 Å². The molecule has 2 atom stereocenters. The molecule has 2 amide bonds. The Morgan fingerprint density at radius 1 is 0.614 bits per heavy atom. The summed E-state index contributed by atoms with van der Waals surface area (Å²) < 4.78 is 42.1. The fourth-order valence-corrected chi connectivity index (χ4v) is 8.10. The summed E-state index contributed by atoms with van der Waals surface area (Å²) in [7, 11) is 2.99. The summed E-state index contributed by atoms with van der Waals surface area (Å²) in [4.78, 5) is 72.4. The number of carbonyl (C=O) groups excluding carboxylic acids is 3. The smallest absolute Gasteiger partial charge is 0.341 e. The van der Waals surface area contributed by atoms with Crippen molar-refractivity contribution < 1.29 is 37.5 Å². The molecule has 3 aromatic carbocycles. The molecule has 0 unspecified atom stereocenters. The number of hydrogen-bond acceptors (Lipinski definition) is 24. The van der Waals surface area contributed by atoms with E-state index in [0.29, 0.717) is 39.5 Å². The first-order valence-electron chi connectivity index (χ1n) is 24.4. The molecule has 83 heavy (non-hydrogen) atoms. The Kier molecular flexibility index (Phi) is 21.6. The van der Waals surface area contributed by atoms with E-state index in [-0.39, 0.29) is 63.3 Å². The van der Waals surface area contributed by atoms with Gasteiger partial charge >= 0.3 is 5.97 Å². The average Bonchev–Trinajstić information content (AvgIpc) is 4.41. The summed E-state index contributed by atoms with van der Waals surface area (Å²) in [5, 5.41) is 48.2. The minimum Gasteiger partial charge on any atom is -0.477 e. The second-order valence-corrected chi connectivity index (χ2v) is 18.4. The number of nitrogens with two attached hydrogens (primary N) is 3. The fourth-order valence-electron chi connectivity index (χ4n) is 7.42. The number of hydrogen-bond donors (Lipinski definition) is 9. The van der Waals surface area contributed by atoms with Gasteiger partial charge in [-0.2, -0.15) is 35.6 Å². The van der Waals surface area contributed by atoms with Gasteiger partial charge in [-0.25, -0.2) is 42.9 Å². The van der Waals surface area contributed by atoms with E-state index in [1.54, 1.807) is 13.3 Å². The van der Waals surface area contributed by atoms with Crippen molar-refractivity contribution >= 4 is 95.4 Å². The molecule has 10 rings (SSSR count). The van der Waals surface area contributed by atoms with Gasteiger partial charge in [-0.3, -0.25) is 9.59 Å². The number of carboxylic acid groups (broad SMARTS) is 1. The predicted molar refractivity (Wildman–Crippen MR) is 303 cm³/mol. The van der Waals surface area contributed by atoms with Gasteiger partial charge < -0.3 is 53.6 Å². The van der Waals surface area contributed by atoms with Crippen LogP contribution in [0.1, 0.15) is 56.8 Å². The van der Waals surface area contributed by atoms with E-state index in [9.17, 15) is 37.5 Å². The Morgan fingerprint density at radius 2 is 1.00 bits per heavy atom. The van der Waals surface area contributed by atoms with Crippen LogP contribution in [-0.2, 0) is 4.79 Å². The number of amides is 2. The molecule has 28 nitrogen and oxygen atoms in total. The number of aromatic carboxylic acids is 1. The quantitative estimate of drug-likeness (QED) is 0.0240. The summed E-state index contributed by atoms with van der Waals surface area (Å²) in [5.41, 5.74) is 19.0. The van der Waals surface area contributed by atoms with Crippen LogP contribution in [0.25, 0.3) is 17.1 Å². The molecule has 0 spiro atoms. The van der Waals surface area contributed by atoms with E-state index in [1.165, 1.54) is 141 Å². The number of primary amides is 2. The molecule has 6 heterocycles. The van der Waals surface area contributed by atoms with E-state index >= 15 is 0 Å². The number of nitrogens with one attached hydrogen (secondary N) is 5. The molecule has 427 valence electrons. The number of carbonyl (C=O) groups is 4. The molecule has 1 fully saturated rings. The van der Waals surface area contributed by atoms with Crippen LogP contribution in [0, 0.1) is 17.5 Å². The molecular formula is C49H50BF3N23O5S2. The largest absolute Gasteiger partial charge is 0.477 e. The van der Waals surface area contributed by atoms with Crippen molar-refractivity contribution in [1.29, 1.82) is 0 Å². The minimum absolute atomic E-state index is 0.0100. The third-order valence-electron chi connectivity index (χ3n) is 11.3. The maximum Gasteiger partial charge on any atom is 0.341 e. The molecule has 1 aliphatic carbocycles. The number of rotatable bonds is 18. The highest BCUT2D eigenvalue weighted by atomic mass is 32.2. The lowest BCUT2D eigenvalue weighted by Gasteiger charge is -2.29. The van der Waals surface area contributed by atoms with E-state index < -0.39 is 35.2 Å². The number of nitrogens with zero attached hydrogens (tertiary/aromatic N) is 15. The van der Waals surface area contributed by atoms with Gasteiger partial charge in [0.25, 0.3) is 19.2 Å². The summed E-state index contributed by atoms with van der Waals surface area (Å²) in [5.74, 6) is -3.11. The van der Waals surface area contributed by atoms with Gasteiger partial charge in [0.05, 0.1) is 43.4 Å². The van der Waals surface area contributed by atoms with Crippen LogP contribution >= 0.6 is 23.5 Å². The Labute approximate surface area is 478 Å². The second kappa shape index (κ2) is 29.5. The maximum atomic E-state index is 14.2. The molecule has 0 bridgehead atoms. The van der Waals surface area contributed by atoms with Crippen molar-refractivity contribution in [2.75, 3.05) is 40.8 Å².